The van der Waals surface area contributed by atoms with Crippen LogP contribution in [0.2, 0.25) is 0 Å². The molecule has 2 rings (SSSR count). The zero-order valence-electron chi connectivity index (χ0n) is 9.21. The Morgan fingerprint density at radius 3 is 2.71 bits per heavy atom. The lowest BCUT2D eigenvalue weighted by Crippen LogP contribution is -1.99. The Bertz CT molecular complexity index is 519. The van der Waals surface area contributed by atoms with Crippen LogP contribution in [0.25, 0.3) is 0 Å². The van der Waals surface area contributed by atoms with Crippen molar-refractivity contribution in [3.05, 3.63) is 45.9 Å². The molecule has 17 heavy (non-hydrogen) atoms. The van der Waals surface area contributed by atoms with Crippen molar-refractivity contribution >= 4 is 17.3 Å². The van der Waals surface area contributed by atoms with Gasteiger partial charge in [0.2, 0.25) is 5.01 Å². The Morgan fingerprint density at radius 2 is 2.12 bits per heavy atom. The van der Waals surface area contributed by atoms with E-state index in [0.29, 0.717) is 5.69 Å². The molecule has 0 radical (unpaired) electrons. The first-order chi connectivity index (χ1) is 8.15. The van der Waals surface area contributed by atoms with Crippen molar-refractivity contribution in [3.8, 4) is 5.75 Å². The third-order valence-electron chi connectivity index (χ3n) is 2.14. The first-order valence-corrected chi connectivity index (χ1v) is 5.90. The molecule has 1 aromatic heterocycles. The van der Waals surface area contributed by atoms with Gasteiger partial charge in [0.25, 0.3) is 0 Å². The molecule has 0 atom stereocenters. The molecule has 0 saturated heterocycles. The molecule has 1 heterocycles. The average Bonchev–Trinajstić information content (AvgIpc) is 2.77. The highest BCUT2D eigenvalue weighted by Gasteiger charge is 2.08. The van der Waals surface area contributed by atoms with Crippen LogP contribution < -0.4 is 4.74 Å². The summed E-state index contributed by atoms with van der Waals surface area (Å²) in [5.74, 6) is -0.253. The van der Waals surface area contributed by atoms with E-state index in [1.165, 1.54) is 5.56 Å². The molecule has 0 saturated carbocycles. The fraction of sp³-hybridized carbons (Fsp3) is 0.167. The van der Waals surface area contributed by atoms with E-state index >= 15 is 0 Å². The maximum absolute atomic E-state index is 10.6. The van der Waals surface area contributed by atoms with E-state index in [9.17, 15) is 4.79 Å². The van der Waals surface area contributed by atoms with E-state index in [-0.39, 0.29) is 11.6 Å². The Morgan fingerprint density at radius 1 is 1.41 bits per heavy atom. The topological polar surface area (TPSA) is 59.4 Å². The van der Waals surface area contributed by atoms with Crippen LogP contribution >= 0.6 is 11.3 Å². The zero-order valence-corrected chi connectivity index (χ0v) is 10.0. The van der Waals surface area contributed by atoms with Crippen molar-refractivity contribution in [1.29, 1.82) is 0 Å². The molecule has 0 amide bonds. The number of aromatic carboxylic acids is 1. The van der Waals surface area contributed by atoms with Gasteiger partial charge in [-0.05, 0) is 19.1 Å². The monoisotopic (exact) mass is 249 g/mol. The molecule has 0 spiro atoms. The normalized spacial score (nSPS) is 10.2. The molecule has 1 N–H and O–H groups in total. The lowest BCUT2D eigenvalue weighted by Gasteiger charge is -2.03. The lowest BCUT2D eigenvalue weighted by molar-refractivity contribution is 0.0696. The standard InChI is InChI=1S/C12H11NO3S/c1-8-2-4-10(5-3-8)16-6-9-7-17-11(13-9)12(14)15/h2-5,7H,6H2,1H3,(H,14,15). The summed E-state index contributed by atoms with van der Waals surface area (Å²) in [4.78, 5) is 14.6. The van der Waals surface area contributed by atoms with Gasteiger partial charge in [-0.1, -0.05) is 17.7 Å². The van der Waals surface area contributed by atoms with Crippen LogP contribution in [0, 0.1) is 6.92 Å². The summed E-state index contributed by atoms with van der Waals surface area (Å²) >= 11 is 1.10. The Kier molecular flexibility index (Phi) is 3.39. The average molecular weight is 249 g/mol. The molecular formula is C12H11NO3S. The molecule has 0 unspecified atom stereocenters. The van der Waals surface area contributed by atoms with Crippen molar-refractivity contribution in [2.75, 3.05) is 0 Å². The number of benzene rings is 1. The van der Waals surface area contributed by atoms with Gasteiger partial charge in [0.15, 0.2) is 0 Å². The molecule has 0 aliphatic carbocycles. The first-order valence-electron chi connectivity index (χ1n) is 5.02. The number of carboxylic acids is 1. The van der Waals surface area contributed by atoms with Crippen LogP contribution in [0.3, 0.4) is 0 Å². The Balaban J connectivity index is 1.97. The highest BCUT2D eigenvalue weighted by molar-refractivity contribution is 7.11. The number of hydrogen-bond acceptors (Lipinski definition) is 4. The van der Waals surface area contributed by atoms with E-state index in [2.05, 4.69) is 4.98 Å². The fourth-order valence-corrected chi connectivity index (χ4v) is 1.90. The molecule has 0 bridgehead atoms. The minimum atomic E-state index is -1.00. The van der Waals surface area contributed by atoms with Gasteiger partial charge in [-0.2, -0.15) is 0 Å². The minimum Gasteiger partial charge on any atom is -0.487 e. The summed E-state index contributed by atoms with van der Waals surface area (Å²) in [7, 11) is 0. The predicted octanol–water partition coefficient (Wildman–Crippen LogP) is 2.73. The number of carbonyl (C=O) groups is 1. The van der Waals surface area contributed by atoms with Gasteiger partial charge in [-0.25, -0.2) is 9.78 Å². The molecule has 0 fully saturated rings. The summed E-state index contributed by atoms with van der Waals surface area (Å²) in [6, 6.07) is 7.66. The fourth-order valence-electron chi connectivity index (χ4n) is 1.26. The quantitative estimate of drug-likeness (QED) is 0.905. The van der Waals surface area contributed by atoms with Crippen molar-refractivity contribution in [3.63, 3.8) is 0 Å². The van der Waals surface area contributed by atoms with Crippen LogP contribution in [0.5, 0.6) is 5.75 Å². The molecule has 88 valence electrons. The van der Waals surface area contributed by atoms with Crippen LogP contribution in [0.1, 0.15) is 21.1 Å². The van der Waals surface area contributed by atoms with Gasteiger partial charge in [0.1, 0.15) is 12.4 Å². The van der Waals surface area contributed by atoms with Crippen molar-refractivity contribution in [1.82, 2.24) is 4.98 Å². The number of nitrogens with zero attached hydrogens (tertiary/aromatic N) is 1. The van der Waals surface area contributed by atoms with Crippen molar-refractivity contribution in [2.45, 2.75) is 13.5 Å². The van der Waals surface area contributed by atoms with E-state index < -0.39 is 5.97 Å². The predicted molar refractivity (Wildman–Crippen MR) is 64.6 cm³/mol. The second-order valence-corrected chi connectivity index (χ2v) is 4.41. The number of thiazole rings is 1. The summed E-state index contributed by atoms with van der Waals surface area (Å²) < 4.78 is 5.49. The first kappa shape index (κ1) is 11.6. The van der Waals surface area contributed by atoms with E-state index in [1.807, 2.05) is 31.2 Å². The van der Waals surface area contributed by atoms with Crippen molar-refractivity contribution in [2.24, 2.45) is 0 Å². The number of ether oxygens (including phenoxy) is 1. The maximum Gasteiger partial charge on any atom is 0.365 e. The highest BCUT2D eigenvalue weighted by atomic mass is 32.1. The molecular weight excluding hydrogens is 238 g/mol. The molecule has 4 nitrogen and oxygen atoms in total. The van der Waals surface area contributed by atoms with Gasteiger partial charge in [-0.3, -0.25) is 0 Å². The number of hydrogen-bond donors (Lipinski definition) is 1. The Labute approximate surface area is 103 Å². The molecule has 0 aliphatic rings. The molecule has 1 aromatic carbocycles. The maximum atomic E-state index is 10.6. The summed E-state index contributed by atoms with van der Waals surface area (Å²) in [5, 5.41) is 10.5. The lowest BCUT2D eigenvalue weighted by atomic mass is 10.2. The number of aryl methyl sites for hydroxylation is 1. The van der Waals surface area contributed by atoms with Gasteiger partial charge < -0.3 is 9.84 Å². The van der Waals surface area contributed by atoms with Crippen LogP contribution in [0.4, 0.5) is 0 Å². The van der Waals surface area contributed by atoms with Gasteiger partial charge >= 0.3 is 5.97 Å². The van der Waals surface area contributed by atoms with Gasteiger partial charge in [0, 0.05) is 5.38 Å². The number of carboxylic acid groups (broad SMARTS) is 1. The SMILES string of the molecule is Cc1ccc(OCc2csc(C(=O)O)n2)cc1. The summed E-state index contributed by atoms with van der Waals surface area (Å²) in [6.07, 6.45) is 0. The molecule has 2 aromatic rings. The zero-order chi connectivity index (χ0) is 12.3. The van der Waals surface area contributed by atoms with E-state index in [4.69, 9.17) is 9.84 Å². The van der Waals surface area contributed by atoms with E-state index in [0.717, 1.165) is 17.1 Å². The third-order valence-corrected chi connectivity index (χ3v) is 3.02. The largest absolute Gasteiger partial charge is 0.487 e. The number of aromatic nitrogens is 1. The summed E-state index contributed by atoms with van der Waals surface area (Å²) in [6.45, 7) is 2.29. The van der Waals surface area contributed by atoms with Crippen LogP contribution in [-0.4, -0.2) is 16.1 Å². The second-order valence-electron chi connectivity index (χ2n) is 3.55. The highest BCUT2D eigenvalue weighted by Crippen LogP contribution is 2.15. The third kappa shape index (κ3) is 3.04. The minimum absolute atomic E-state index is 0.0903. The van der Waals surface area contributed by atoms with Crippen molar-refractivity contribution < 1.29 is 14.6 Å². The Hall–Kier alpha value is -1.88. The van der Waals surface area contributed by atoms with Crippen LogP contribution in [-0.2, 0) is 6.61 Å². The second kappa shape index (κ2) is 4.97. The number of rotatable bonds is 4. The molecule has 0 aliphatic heterocycles. The van der Waals surface area contributed by atoms with E-state index in [1.54, 1.807) is 5.38 Å². The van der Waals surface area contributed by atoms with Gasteiger partial charge in [-0.15, -0.1) is 11.3 Å². The van der Waals surface area contributed by atoms with Gasteiger partial charge in [0.05, 0.1) is 5.69 Å². The summed E-state index contributed by atoms with van der Waals surface area (Å²) in [5.41, 5.74) is 1.80. The smallest absolute Gasteiger partial charge is 0.365 e. The van der Waals surface area contributed by atoms with Crippen LogP contribution in [0.15, 0.2) is 29.6 Å². The molecule has 5 heteroatoms.